The number of nitrogens with one attached hydrogen (secondary N) is 1. The topological polar surface area (TPSA) is 61.9 Å². The summed E-state index contributed by atoms with van der Waals surface area (Å²) in [4.78, 5) is 35.4. The van der Waals surface area contributed by atoms with Crippen LogP contribution >= 0.6 is 0 Å². The molecule has 1 N–H and O–H groups in total. The third-order valence-corrected chi connectivity index (χ3v) is 6.15. The quantitative estimate of drug-likeness (QED) is 0.505. The fourth-order valence-electron chi connectivity index (χ4n) is 4.22. The molecular weight excluding hydrogens is 414 g/mol. The van der Waals surface area contributed by atoms with Crippen LogP contribution in [0.25, 0.3) is 0 Å². The van der Waals surface area contributed by atoms with E-state index >= 15 is 0 Å². The van der Waals surface area contributed by atoms with Crippen molar-refractivity contribution in [3.63, 3.8) is 0 Å². The van der Waals surface area contributed by atoms with Gasteiger partial charge in [-0.05, 0) is 23.6 Å². The Morgan fingerprint density at radius 3 is 2.15 bits per heavy atom. The number of urea groups is 1. The van der Waals surface area contributed by atoms with Gasteiger partial charge in [0.05, 0.1) is 24.7 Å². The lowest BCUT2D eigenvalue weighted by molar-refractivity contribution is -0.131. The molecule has 0 spiro atoms. The number of amides is 3. The van der Waals surface area contributed by atoms with Crippen LogP contribution in [0.15, 0.2) is 91.0 Å². The Balaban J connectivity index is 1.53. The minimum absolute atomic E-state index is 0.0917. The predicted octanol–water partition coefficient (Wildman–Crippen LogP) is 4.86. The minimum Gasteiger partial charge on any atom is -0.322 e. The van der Waals surface area contributed by atoms with Crippen molar-refractivity contribution in [3.8, 4) is 0 Å². The molecule has 6 nitrogen and oxygen atoms in total. The molecule has 3 aromatic carbocycles. The number of carbonyl (C=O) groups excluding carboxylic acids is 2. The van der Waals surface area contributed by atoms with Gasteiger partial charge in [0.25, 0.3) is 0 Å². The summed E-state index contributed by atoms with van der Waals surface area (Å²) in [5.74, 6) is -0.241. The molecule has 3 atom stereocenters. The second kappa shape index (κ2) is 10.4. The number of hydrogen-bond donors (Lipinski definition) is 1. The first-order chi connectivity index (χ1) is 16.1. The van der Waals surface area contributed by atoms with Crippen LogP contribution in [0.2, 0.25) is 0 Å². The van der Waals surface area contributed by atoms with E-state index in [4.69, 9.17) is 4.84 Å². The second-order valence-electron chi connectivity index (χ2n) is 8.31. The van der Waals surface area contributed by atoms with E-state index < -0.39 is 6.04 Å². The van der Waals surface area contributed by atoms with E-state index in [0.717, 1.165) is 16.7 Å². The van der Waals surface area contributed by atoms with Gasteiger partial charge in [-0.3, -0.25) is 14.5 Å². The van der Waals surface area contributed by atoms with E-state index in [1.54, 1.807) is 11.9 Å². The summed E-state index contributed by atoms with van der Waals surface area (Å²) in [5, 5.41) is 0. The lowest BCUT2D eigenvalue weighted by Gasteiger charge is -2.26. The summed E-state index contributed by atoms with van der Waals surface area (Å²) in [6.07, 6.45) is 0.0917. The molecule has 1 aliphatic heterocycles. The highest BCUT2D eigenvalue weighted by molar-refractivity contribution is 5.97. The fraction of sp³-hybridized carbons (Fsp3) is 0.259. The SMILES string of the molecule is C[C@@H]1[C@H](c2ccccc2)N(C(=O)C[C@H](NOCc2ccccc2)c2ccccc2)C(=O)N1C. The summed E-state index contributed by atoms with van der Waals surface area (Å²) >= 11 is 0. The molecule has 1 fully saturated rings. The largest absolute Gasteiger partial charge is 0.327 e. The van der Waals surface area contributed by atoms with Crippen LogP contribution in [0.1, 0.15) is 42.1 Å². The zero-order valence-corrected chi connectivity index (χ0v) is 18.9. The molecule has 3 amide bonds. The lowest BCUT2D eigenvalue weighted by atomic mass is 9.99. The third-order valence-electron chi connectivity index (χ3n) is 6.15. The van der Waals surface area contributed by atoms with Crippen LogP contribution in [0.3, 0.4) is 0 Å². The molecule has 0 saturated carbocycles. The molecule has 1 heterocycles. The number of hydroxylamine groups is 1. The zero-order valence-electron chi connectivity index (χ0n) is 18.9. The van der Waals surface area contributed by atoms with Gasteiger partial charge in [0.1, 0.15) is 0 Å². The maximum Gasteiger partial charge on any atom is 0.327 e. The summed E-state index contributed by atoms with van der Waals surface area (Å²) in [6.45, 7) is 2.34. The monoisotopic (exact) mass is 443 g/mol. The number of carbonyl (C=O) groups is 2. The molecule has 170 valence electrons. The van der Waals surface area contributed by atoms with Gasteiger partial charge in [0, 0.05) is 13.5 Å². The Labute approximate surface area is 194 Å². The van der Waals surface area contributed by atoms with Gasteiger partial charge in [-0.2, -0.15) is 5.48 Å². The first kappa shape index (κ1) is 22.7. The minimum atomic E-state index is -0.396. The highest BCUT2D eigenvalue weighted by Crippen LogP contribution is 2.35. The van der Waals surface area contributed by atoms with Crippen molar-refractivity contribution < 1.29 is 14.4 Å². The molecule has 1 saturated heterocycles. The summed E-state index contributed by atoms with van der Waals surface area (Å²) < 4.78 is 0. The summed E-state index contributed by atoms with van der Waals surface area (Å²) in [5.41, 5.74) is 5.95. The fourth-order valence-corrected chi connectivity index (χ4v) is 4.22. The van der Waals surface area contributed by atoms with Gasteiger partial charge in [0.15, 0.2) is 0 Å². The number of imide groups is 1. The molecule has 3 aromatic rings. The van der Waals surface area contributed by atoms with Gasteiger partial charge >= 0.3 is 6.03 Å². The van der Waals surface area contributed by atoms with E-state index in [0.29, 0.717) is 6.61 Å². The maximum atomic E-state index is 13.5. The van der Waals surface area contributed by atoms with Crippen LogP contribution < -0.4 is 5.48 Å². The van der Waals surface area contributed by atoms with E-state index in [2.05, 4.69) is 5.48 Å². The van der Waals surface area contributed by atoms with Crippen molar-refractivity contribution >= 4 is 11.9 Å². The van der Waals surface area contributed by atoms with Crippen molar-refractivity contribution in [3.05, 3.63) is 108 Å². The molecule has 0 unspecified atom stereocenters. The molecule has 4 rings (SSSR count). The number of likely N-dealkylation sites (N-methyl/N-ethyl adjacent to an activating group) is 1. The molecule has 33 heavy (non-hydrogen) atoms. The van der Waals surface area contributed by atoms with E-state index in [1.807, 2.05) is 97.9 Å². The van der Waals surface area contributed by atoms with Gasteiger partial charge in [-0.1, -0.05) is 91.0 Å². The number of benzene rings is 3. The Morgan fingerprint density at radius 2 is 1.52 bits per heavy atom. The first-order valence-electron chi connectivity index (χ1n) is 11.2. The third kappa shape index (κ3) is 5.13. The predicted molar refractivity (Wildman–Crippen MR) is 127 cm³/mol. The first-order valence-corrected chi connectivity index (χ1v) is 11.2. The average molecular weight is 444 g/mol. The molecule has 0 radical (unpaired) electrons. The highest BCUT2D eigenvalue weighted by Gasteiger charge is 2.45. The van der Waals surface area contributed by atoms with Crippen molar-refractivity contribution in [1.29, 1.82) is 0 Å². The Kier molecular flexibility index (Phi) is 7.17. The van der Waals surface area contributed by atoms with Gasteiger partial charge in [0.2, 0.25) is 5.91 Å². The Morgan fingerprint density at radius 1 is 0.939 bits per heavy atom. The highest BCUT2D eigenvalue weighted by atomic mass is 16.6. The normalized spacial score (nSPS) is 19.0. The van der Waals surface area contributed by atoms with Crippen LogP contribution in [-0.4, -0.2) is 34.8 Å². The van der Waals surface area contributed by atoms with Crippen molar-refractivity contribution in [2.24, 2.45) is 0 Å². The number of nitrogens with zero attached hydrogens (tertiary/aromatic N) is 2. The summed E-state index contributed by atoms with van der Waals surface area (Å²) in [6, 6.07) is 28.1. The second-order valence-corrected chi connectivity index (χ2v) is 8.31. The Bertz CT molecular complexity index is 1060. The van der Waals surface area contributed by atoms with Crippen LogP contribution in [-0.2, 0) is 16.2 Å². The van der Waals surface area contributed by atoms with Gasteiger partial charge in [-0.25, -0.2) is 4.79 Å². The standard InChI is InChI=1S/C27H29N3O3/c1-20-26(23-16-10-5-11-17-23)30(27(32)29(20)2)25(31)18-24(22-14-8-4-9-15-22)28-33-19-21-12-6-3-7-13-21/h3-17,20,24,26,28H,18-19H2,1-2H3/t20-,24+,26-/m1/s1. The van der Waals surface area contributed by atoms with Gasteiger partial charge < -0.3 is 4.90 Å². The van der Waals surface area contributed by atoms with E-state index in [9.17, 15) is 9.59 Å². The lowest BCUT2D eigenvalue weighted by Crippen LogP contribution is -2.38. The molecule has 1 aliphatic rings. The Hall–Kier alpha value is -3.48. The van der Waals surface area contributed by atoms with Crippen molar-refractivity contribution in [2.45, 2.75) is 38.1 Å². The molecule has 0 aliphatic carbocycles. The van der Waals surface area contributed by atoms with Crippen LogP contribution in [0.5, 0.6) is 0 Å². The smallest absolute Gasteiger partial charge is 0.322 e. The van der Waals surface area contributed by atoms with Crippen LogP contribution in [0, 0.1) is 0 Å². The van der Waals surface area contributed by atoms with Gasteiger partial charge in [-0.15, -0.1) is 0 Å². The van der Waals surface area contributed by atoms with Crippen molar-refractivity contribution in [1.82, 2.24) is 15.3 Å². The number of hydrogen-bond acceptors (Lipinski definition) is 4. The van der Waals surface area contributed by atoms with E-state index in [-0.39, 0.29) is 30.4 Å². The molecule has 0 bridgehead atoms. The van der Waals surface area contributed by atoms with Crippen LogP contribution in [0.4, 0.5) is 4.79 Å². The van der Waals surface area contributed by atoms with E-state index in [1.165, 1.54) is 4.90 Å². The zero-order chi connectivity index (χ0) is 23.2. The maximum absolute atomic E-state index is 13.5. The number of rotatable bonds is 8. The summed E-state index contributed by atoms with van der Waals surface area (Å²) in [7, 11) is 1.74. The van der Waals surface area contributed by atoms with Crippen molar-refractivity contribution in [2.75, 3.05) is 7.05 Å². The molecule has 6 heteroatoms. The average Bonchev–Trinajstić information content (AvgIpc) is 3.09. The molecular formula is C27H29N3O3. The molecule has 0 aromatic heterocycles.